The Morgan fingerprint density at radius 1 is 1.21 bits per heavy atom. The first-order valence-electron chi connectivity index (χ1n) is 10.9. The van der Waals surface area contributed by atoms with Crippen LogP contribution in [0.1, 0.15) is 25.8 Å². The van der Waals surface area contributed by atoms with Crippen molar-refractivity contribution in [1.29, 1.82) is 0 Å². The Morgan fingerprint density at radius 2 is 2.06 bits per heavy atom. The third-order valence-corrected chi connectivity index (χ3v) is 7.18. The number of carbonyl (C=O) groups excluding carboxylic acids is 2. The standard InChI is InChI=1S/C23H25N5O4S/c1-4-32-15-5-7-18-16(11-15)23(9-10-27(12-23)14(2)29)13-28(18)22(30)26-21-24-17-6-8-19(31-3)25-20(17)33-21/h5-8,11H,4,9-10,12-13H2,1-3H3,(H,24,26,30). The number of amides is 3. The highest BCUT2D eigenvalue weighted by atomic mass is 32.1. The number of aromatic nitrogens is 2. The molecule has 1 saturated heterocycles. The van der Waals surface area contributed by atoms with Crippen molar-refractivity contribution in [2.24, 2.45) is 0 Å². The minimum atomic E-state index is -0.312. The molecule has 1 spiro atoms. The number of hydrogen-bond donors (Lipinski definition) is 1. The fraction of sp³-hybridized carbons (Fsp3) is 0.391. The number of nitrogens with zero attached hydrogens (tertiary/aromatic N) is 4. The average molecular weight is 468 g/mol. The van der Waals surface area contributed by atoms with Gasteiger partial charge in [-0.25, -0.2) is 14.8 Å². The molecule has 4 heterocycles. The zero-order chi connectivity index (χ0) is 23.2. The molecule has 0 radical (unpaired) electrons. The minimum absolute atomic E-state index is 0.0506. The van der Waals surface area contributed by atoms with Crippen LogP contribution in [-0.4, -0.2) is 60.2 Å². The van der Waals surface area contributed by atoms with E-state index in [2.05, 4.69) is 15.3 Å². The molecule has 0 aliphatic carbocycles. The third-order valence-electron chi connectivity index (χ3n) is 6.30. The lowest BCUT2D eigenvalue weighted by Gasteiger charge is -2.25. The van der Waals surface area contributed by atoms with Crippen molar-refractivity contribution in [3.63, 3.8) is 0 Å². The molecule has 0 saturated carbocycles. The van der Waals surface area contributed by atoms with Crippen molar-refractivity contribution in [2.45, 2.75) is 25.7 Å². The molecule has 1 atom stereocenters. The largest absolute Gasteiger partial charge is 0.494 e. The van der Waals surface area contributed by atoms with E-state index in [1.165, 1.54) is 11.3 Å². The van der Waals surface area contributed by atoms with Gasteiger partial charge in [0.25, 0.3) is 0 Å². The number of rotatable bonds is 4. The lowest BCUT2D eigenvalue weighted by Crippen LogP contribution is -2.41. The van der Waals surface area contributed by atoms with Gasteiger partial charge in [0.15, 0.2) is 5.13 Å². The summed E-state index contributed by atoms with van der Waals surface area (Å²) in [6, 6.07) is 9.12. The molecule has 3 aromatic rings. The smallest absolute Gasteiger partial charge is 0.328 e. The van der Waals surface area contributed by atoms with E-state index in [0.29, 0.717) is 47.6 Å². The molecule has 9 nitrogen and oxygen atoms in total. The van der Waals surface area contributed by atoms with Gasteiger partial charge in [-0.05, 0) is 43.2 Å². The van der Waals surface area contributed by atoms with Gasteiger partial charge in [0.05, 0.1) is 13.7 Å². The number of nitrogens with one attached hydrogen (secondary N) is 1. The van der Waals surface area contributed by atoms with Crippen LogP contribution in [0.5, 0.6) is 11.6 Å². The molecule has 1 fully saturated rings. The number of benzene rings is 1. The Labute approximate surface area is 195 Å². The second-order valence-corrected chi connectivity index (χ2v) is 9.27. The number of thiazole rings is 1. The van der Waals surface area contributed by atoms with Crippen LogP contribution in [-0.2, 0) is 10.2 Å². The van der Waals surface area contributed by atoms with Crippen LogP contribution >= 0.6 is 11.3 Å². The van der Waals surface area contributed by atoms with Gasteiger partial charge in [-0.1, -0.05) is 11.3 Å². The molecule has 2 aliphatic heterocycles. The Kier molecular flexibility index (Phi) is 5.32. The normalized spacial score (nSPS) is 19.2. The number of pyridine rings is 1. The van der Waals surface area contributed by atoms with E-state index in [-0.39, 0.29) is 17.4 Å². The maximum atomic E-state index is 13.4. The van der Waals surface area contributed by atoms with Crippen LogP contribution < -0.4 is 19.7 Å². The molecule has 1 aromatic carbocycles. The van der Waals surface area contributed by atoms with Crippen LogP contribution in [0.25, 0.3) is 10.3 Å². The van der Waals surface area contributed by atoms with Crippen LogP contribution in [0.4, 0.5) is 15.6 Å². The molecule has 1 unspecified atom stereocenters. The quantitative estimate of drug-likeness (QED) is 0.629. The zero-order valence-electron chi connectivity index (χ0n) is 18.8. The van der Waals surface area contributed by atoms with Gasteiger partial charge < -0.3 is 14.4 Å². The first-order chi connectivity index (χ1) is 15.9. The fourth-order valence-electron chi connectivity index (χ4n) is 4.70. The summed E-state index contributed by atoms with van der Waals surface area (Å²) in [5.41, 5.74) is 2.27. The van der Waals surface area contributed by atoms with E-state index in [1.807, 2.05) is 36.1 Å². The van der Waals surface area contributed by atoms with Gasteiger partial charge in [0.1, 0.15) is 16.1 Å². The summed E-state index contributed by atoms with van der Waals surface area (Å²) in [5.74, 6) is 1.32. The summed E-state index contributed by atoms with van der Waals surface area (Å²) >= 11 is 1.30. The fourth-order valence-corrected chi connectivity index (χ4v) is 5.52. The number of fused-ring (bicyclic) bond motifs is 3. The maximum absolute atomic E-state index is 13.4. The van der Waals surface area contributed by atoms with Crippen LogP contribution in [0.15, 0.2) is 30.3 Å². The van der Waals surface area contributed by atoms with E-state index in [1.54, 1.807) is 25.0 Å². The Balaban J connectivity index is 1.45. The number of hydrogen-bond acceptors (Lipinski definition) is 7. The summed E-state index contributed by atoms with van der Waals surface area (Å²) < 4.78 is 10.9. The number of methoxy groups -OCH3 is 1. The lowest BCUT2D eigenvalue weighted by molar-refractivity contribution is -0.127. The van der Waals surface area contributed by atoms with E-state index in [4.69, 9.17) is 9.47 Å². The SMILES string of the molecule is CCOc1ccc2c(c1)C1(CCN(C(C)=O)C1)CN2C(=O)Nc1nc2ccc(OC)nc2s1. The van der Waals surface area contributed by atoms with Gasteiger partial charge in [0.2, 0.25) is 11.8 Å². The van der Waals surface area contributed by atoms with Crippen molar-refractivity contribution in [2.75, 3.05) is 43.6 Å². The molecular weight excluding hydrogens is 442 g/mol. The van der Waals surface area contributed by atoms with Crippen molar-refractivity contribution in [3.05, 3.63) is 35.9 Å². The average Bonchev–Trinajstić information content (AvgIpc) is 3.49. The molecule has 0 bridgehead atoms. The molecule has 2 aromatic heterocycles. The van der Waals surface area contributed by atoms with E-state index < -0.39 is 0 Å². The molecule has 10 heteroatoms. The highest BCUT2D eigenvalue weighted by molar-refractivity contribution is 7.22. The molecule has 3 amide bonds. The van der Waals surface area contributed by atoms with E-state index in [9.17, 15) is 9.59 Å². The molecule has 5 rings (SSSR count). The predicted octanol–water partition coefficient (Wildman–Crippen LogP) is 3.64. The van der Waals surface area contributed by atoms with Gasteiger partial charge in [-0.3, -0.25) is 15.0 Å². The summed E-state index contributed by atoms with van der Waals surface area (Å²) in [7, 11) is 1.56. The zero-order valence-corrected chi connectivity index (χ0v) is 19.6. The van der Waals surface area contributed by atoms with Crippen molar-refractivity contribution in [1.82, 2.24) is 14.9 Å². The first-order valence-corrected chi connectivity index (χ1v) is 11.7. The molecular formula is C23H25N5O4S. The van der Waals surface area contributed by atoms with E-state index >= 15 is 0 Å². The first kappa shape index (κ1) is 21.4. The highest BCUT2D eigenvalue weighted by Gasteiger charge is 2.49. The summed E-state index contributed by atoms with van der Waals surface area (Å²) in [6.07, 6.45) is 0.795. The Morgan fingerprint density at radius 3 is 2.79 bits per heavy atom. The van der Waals surface area contributed by atoms with Crippen molar-refractivity contribution >= 4 is 44.4 Å². The lowest BCUT2D eigenvalue weighted by atomic mass is 9.81. The van der Waals surface area contributed by atoms with Crippen molar-refractivity contribution < 1.29 is 19.1 Å². The summed E-state index contributed by atoms with van der Waals surface area (Å²) in [5, 5.41) is 3.41. The van der Waals surface area contributed by atoms with Crippen molar-refractivity contribution in [3.8, 4) is 11.6 Å². The maximum Gasteiger partial charge on any atom is 0.328 e. The molecule has 172 valence electrons. The summed E-state index contributed by atoms with van der Waals surface area (Å²) in [6.45, 7) is 5.84. The molecule has 2 aliphatic rings. The highest BCUT2D eigenvalue weighted by Crippen LogP contribution is 2.48. The molecule has 1 N–H and O–H groups in total. The predicted molar refractivity (Wildman–Crippen MR) is 126 cm³/mol. The van der Waals surface area contributed by atoms with Gasteiger partial charge in [0, 0.05) is 43.7 Å². The number of carbonyl (C=O) groups is 2. The Hall–Kier alpha value is -3.40. The molecule has 33 heavy (non-hydrogen) atoms. The Bertz CT molecular complexity index is 1240. The number of likely N-dealkylation sites (tertiary alicyclic amines) is 1. The van der Waals surface area contributed by atoms with Gasteiger partial charge in [-0.2, -0.15) is 0 Å². The minimum Gasteiger partial charge on any atom is -0.494 e. The summed E-state index contributed by atoms with van der Waals surface area (Å²) in [4.78, 5) is 38.6. The topological polar surface area (TPSA) is 96.9 Å². The number of ether oxygens (including phenoxy) is 2. The second-order valence-electron chi connectivity index (χ2n) is 8.30. The monoisotopic (exact) mass is 467 g/mol. The van der Waals surface area contributed by atoms with Crippen LogP contribution in [0.2, 0.25) is 0 Å². The van der Waals surface area contributed by atoms with Crippen LogP contribution in [0.3, 0.4) is 0 Å². The van der Waals surface area contributed by atoms with E-state index in [0.717, 1.165) is 23.4 Å². The second kappa shape index (κ2) is 8.18. The third kappa shape index (κ3) is 3.74. The van der Waals surface area contributed by atoms with Gasteiger partial charge in [-0.15, -0.1) is 0 Å². The number of urea groups is 1. The van der Waals surface area contributed by atoms with Crippen LogP contribution in [0, 0.1) is 0 Å². The van der Waals surface area contributed by atoms with Gasteiger partial charge >= 0.3 is 6.03 Å². The number of anilines is 2.